The first-order valence-corrected chi connectivity index (χ1v) is 6.62. The average molecular weight is 271 g/mol. The van der Waals surface area contributed by atoms with Crippen molar-refractivity contribution >= 4 is 15.9 Å². The highest BCUT2D eigenvalue weighted by Gasteiger charge is 1.99. The molecule has 1 unspecified atom stereocenters. The number of hydrogen-bond acceptors (Lipinski definition) is 1. The second kappa shape index (κ2) is 7.89. The molecule has 2 heteroatoms. The lowest BCUT2D eigenvalue weighted by molar-refractivity contribution is 0.109. The van der Waals surface area contributed by atoms with E-state index in [4.69, 9.17) is 4.74 Å². The van der Waals surface area contributed by atoms with Crippen molar-refractivity contribution in [3.05, 3.63) is 35.9 Å². The molecule has 0 amide bonds. The van der Waals surface area contributed by atoms with Crippen molar-refractivity contribution in [2.75, 3.05) is 18.5 Å². The summed E-state index contributed by atoms with van der Waals surface area (Å²) >= 11 is 3.44. The van der Waals surface area contributed by atoms with Gasteiger partial charge in [-0.25, -0.2) is 0 Å². The predicted molar refractivity (Wildman–Crippen MR) is 68.5 cm³/mol. The molecule has 0 spiro atoms. The zero-order valence-electron chi connectivity index (χ0n) is 9.29. The molecule has 0 bridgehead atoms. The number of benzene rings is 1. The van der Waals surface area contributed by atoms with Gasteiger partial charge in [0, 0.05) is 18.5 Å². The van der Waals surface area contributed by atoms with Gasteiger partial charge in [0.1, 0.15) is 0 Å². The summed E-state index contributed by atoms with van der Waals surface area (Å²) in [6, 6.07) is 10.6. The molecule has 0 N–H and O–H groups in total. The Kier molecular flexibility index (Phi) is 6.69. The van der Waals surface area contributed by atoms with Crippen LogP contribution in [0.25, 0.3) is 0 Å². The maximum Gasteiger partial charge on any atom is 0.0499 e. The van der Waals surface area contributed by atoms with Gasteiger partial charge in [0.25, 0.3) is 0 Å². The van der Waals surface area contributed by atoms with Crippen molar-refractivity contribution < 1.29 is 4.74 Å². The minimum absolute atomic E-state index is 0.613. The van der Waals surface area contributed by atoms with Crippen LogP contribution in [0.1, 0.15) is 18.9 Å². The lowest BCUT2D eigenvalue weighted by atomic mass is 10.1. The molecule has 84 valence electrons. The van der Waals surface area contributed by atoms with Crippen LogP contribution in [0.3, 0.4) is 0 Å². The van der Waals surface area contributed by atoms with E-state index in [1.165, 1.54) is 5.56 Å². The Morgan fingerprint density at radius 3 is 2.67 bits per heavy atom. The number of hydrogen-bond donors (Lipinski definition) is 0. The summed E-state index contributed by atoms with van der Waals surface area (Å²) in [5.41, 5.74) is 1.40. The van der Waals surface area contributed by atoms with Gasteiger partial charge in [0.05, 0.1) is 0 Å². The first-order valence-electron chi connectivity index (χ1n) is 5.50. The molecule has 0 aliphatic rings. The molecular formula is C13H19BrO. The van der Waals surface area contributed by atoms with Gasteiger partial charge < -0.3 is 4.74 Å². The summed E-state index contributed by atoms with van der Waals surface area (Å²) < 4.78 is 5.58. The molecule has 1 nitrogen and oxygen atoms in total. The summed E-state index contributed by atoms with van der Waals surface area (Å²) in [5.74, 6) is 0.613. The quantitative estimate of drug-likeness (QED) is 0.543. The fourth-order valence-electron chi connectivity index (χ4n) is 1.35. The summed E-state index contributed by atoms with van der Waals surface area (Å²) in [6.45, 7) is 3.91. The third-order valence-corrected chi connectivity index (χ3v) is 3.37. The van der Waals surface area contributed by atoms with E-state index >= 15 is 0 Å². The van der Waals surface area contributed by atoms with Crippen LogP contribution in [0.4, 0.5) is 0 Å². The monoisotopic (exact) mass is 270 g/mol. The van der Waals surface area contributed by atoms with E-state index < -0.39 is 0 Å². The van der Waals surface area contributed by atoms with Crippen LogP contribution in [0.2, 0.25) is 0 Å². The third kappa shape index (κ3) is 5.95. The molecule has 0 radical (unpaired) electrons. The molecule has 0 aliphatic carbocycles. The topological polar surface area (TPSA) is 9.23 Å². The minimum Gasteiger partial charge on any atom is -0.381 e. The van der Waals surface area contributed by atoms with E-state index in [2.05, 4.69) is 53.2 Å². The molecule has 1 aromatic carbocycles. The highest BCUT2D eigenvalue weighted by Crippen LogP contribution is 2.04. The van der Waals surface area contributed by atoms with Crippen molar-refractivity contribution in [1.82, 2.24) is 0 Å². The van der Waals surface area contributed by atoms with Crippen LogP contribution in [-0.2, 0) is 11.2 Å². The second-order valence-electron chi connectivity index (χ2n) is 3.92. The maximum atomic E-state index is 5.58. The summed E-state index contributed by atoms with van der Waals surface area (Å²) in [6.07, 6.45) is 2.22. The van der Waals surface area contributed by atoms with E-state index in [1.807, 2.05) is 0 Å². The number of alkyl halides is 1. The molecule has 0 aliphatic heterocycles. The van der Waals surface area contributed by atoms with Crippen LogP contribution in [0, 0.1) is 5.92 Å². The molecule has 0 aromatic heterocycles. The first-order chi connectivity index (χ1) is 7.33. The Bertz CT molecular complexity index is 248. The van der Waals surface area contributed by atoms with Crippen molar-refractivity contribution in [2.24, 2.45) is 5.92 Å². The average Bonchev–Trinajstić information content (AvgIpc) is 2.29. The van der Waals surface area contributed by atoms with Gasteiger partial charge in [0.15, 0.2) is 0 Å². The van der Waals surface area contributed by atoms with E-state index in [1.54, 1.807) is 0 Å². The third-order valence-electron chi connectivity index (χ3n) is 2.26. The molecular weight excluding hydrogens is 252 g/mol. The molecule has 0 saturated heterocycles. The normalized spacial score (nSPS) is 12.7. The Hall–Kier alpha value is -0.340. The molecule has 1 aromatic rings. The fourth-order valence-corrected chi connectivity index (χ4v) is 1.54. The molecule has 1 atom stereocenters. The number of rotatable bonds is 7. The van der Waals surface area contributed by atoms with Gasteiger partial charge >= 0.3 is 0 Å². The van der Waals surface area contributed by atoms with Crippen LogP contribution >= 0.6 is 15.9 Å². The van der Waals surface area contributed by atoms with E-state index in [0.29, 0.717) is 5.92 Å². The van der Waals surface area contributed by atoms with Gasteiger partial charge in [-0.05, 0) is 24.3 Å². The highest BCUT2D eigenvalue weighted by molar-refractivity contribution is 9.09. The van der Waals surface area contributed by atoms with Crippen molar-refractivity contribution in [2.45, 2.75) is 19.8 Å². The fraction of sp³-hybridized carbons (Fsp3) is 0.538. The molecule has 0 heterocycles. The highest BCUT2D eigenvalue weighted by atomic mass is 79.9. The molecule has 0 saturated carbocycles. The number of aryl methyl sites for hydroxylation is 1. The van der Waals surface area contributed by atoms with Crippen molar-refractivity contribution in [1.29, 1.82) is 0 Å². The van der Waals surface area contributed by atoms with E-state index in [-0.39, 0.29) is 0 Å². The van der Waals surface area contributed by atoms with Crippen LogP contribution in [0.15, 0.2) is 30.3 Å². The zero-order chi connectivity index (χ0) is 10.9. The van der Waals surface area contributed by atoms with Gasteiger partial charge in [-0.15, -0.1) is 0 Å². The molecule has 15 heavy (non-hydrogen) atoms. The lowest BCUT2D eigenvalue weighted by Gasteiger charge is -2.08. The summed E-state index contributed by atoms with van der Waals surface area (Å²) in [5, 5.41) is 1.02. The van der Waals surface area contributed by atoms with Gasteiger partial charge in [-0.2, -0.15) is 0 Å². The number of halogens is 1. The van der Waals surface area contributed by atoms with Gasteiger partial charge in [-0.3, -0.25) is 0 Å². The summed E-state index contributed by atoms with van der Waals surface area (Å²) in [7, 11) is 0. The second-order valence-corrected chi connectivity index (χ2v) is 4.57. The van der Waals surface area contributed by atoms with Crippen molar-refractivity contribution in [3.63, 3.8) is 0 Å². The minimum atomic E-state index is 0.613. The van der Waals surface area contributed by atoms with E-state index in [9.17, 15) is 0 Å². The Labute approximate surface area is 101 Å². The molecule has 0 fully saturated rings. The largest absolute Gasteiger partial charge is 0.381 e. The number of ether oxygens (including phenoxy) is 1. The van der Waals surface area contributed by atoms with Crippen LogP contribution in [0.5, 0.6) is 0 Å². The SMILES string of the molecule is CC(CBr)COCCCc1ccccc1. The van der Waals surface area contributed by atoms with Crippen LogP contribution in [-0.4, -0.2) is 18.5 Å². The Balaban J connectivity index is 2.03. The van der Waals surface area contributed by atoms with Crippen LogP contribution < -0.4 is 0 Å². The van der Waals surface area contributed by atoms with E-state index in [0.717, 1.165) is 31.4 Å². The lowest BCUT2D eigenvalue weighted by Crippen LogP contribution is -2.08. The van der Waals surface area contributed by atoms with Gasteiger partial charge in [-0.1, -0.05) is 53.2 Å². The van der Waals surface area contributed by atoms with Gasteiger partial charge in [0.2, 0.25) is 0 Å². The van der Waals surface area contributed by atoms with Crippen molar-refractivity contribution in [3.8, 4) is 0 Å². The standard InChI is InChI=1S/C13H19BrO/c1-12(10-14)11-15-9-5-8-13-6-3-2-4-7-13/h2-4,6-7,12H,5,8-11H2,1H3. The summed E-state index contributed by atoms with van der Waals surface area (Å²) in [4.78, 5) is 0. The smallest absolute Gasteiger partial charge is 0.0499 e. The Morgan fingerprint density at radius 2 is 2.00 bits per heavy atom. The Morgan fingerprint density at radius 1 is 1.27 bits per heavy atom. The predicted octanol–water partition coefficient (Wildman–Crippen LogP) is 3.67. The maximum absolute atomic E-state index is 5.58. The molecule has 1 rings (SSSR count). The first kappa shape index (κ1) is 12.7. The zero-order valence-corrected chi connectivity index (χ0v) is 10.9.